The van der Waals surface area contributed by atoms with Crippen molar-refractivity contribution in [1.82, 2.24) is 9.78 Å². The number of aromatic nitrogens is 2. The van der Waals surface area contributed by atoms with Crippen LogP contribution in [0, 0.1) is 0 Å². The zero-order valence-electron chi connectivity index (χ0n) is 12.6. The van der Waals surface area contributed by atoms with E-state index in [1.165, 1.54) is 25.3 Å². The lowest BCUT2D eigenvalue weighted by atomic mass is 10.1. The highest BCUT2D eigenvalue weighted by Gasteiger charge is 2.20. The van der Waals surface area contributed by atoms with Crippen molar-refractivity contribution >= 4 is 17.6 Å². The molecule has 0 radical (unpaired) electrons. The SMILES string of the molecule is CCc1nn(C)cc1NC(=O)c1cccc(C(=O)O)c1OC. The third kappa shape index (κ3) is 2.93. The number of anilines is 1. The number of nitrogens with one attached hydrogen (secondary N) is 1. The number of benzene rings is 1. The molecule has 0 aliphatic rings. The first-order valence-electron chi connectivity index (χ1n) is 6.72. The molecule has 7 heteroatoms. The van der Waals surface area contributed by atoms with Gasteiger partial charge in [-0.05, 0) is 18.6 Å². The molecular weight excluding hydrogens is 286 g/mol. The lowest BCUT2D eigenvalue weighted by molar-refractivity contribution is 0.0693. The largest absolute Gasteiger partial charge is 0.495 e. The summed E-state index contributed by atoms with van der Waals surface area (Å²) in [5.41, 5.74) is 1.45. The van der Waals surface area contributed by atoms with Gasteiger partial charge in [0.2, 0.25) is 0 Å². The van der Waals surface area contributed by atoms with E-state index in [-0.39, 0.29) is 16.9 Å². The van der Waals surface area contributed by atoms with Gasteiger partial charge in [-0.1, -0.05) is 13.0 Å². The van der Waals surface area contributed by atoms with Crippen LogP contribution in [-0.2, 0) is 13.5 Å². The number of methoxy groups -OCH3 is 1. The Balaban J connectivity index is 2.37. The summed E-state index contributed by atoms with van der Waals surface area (Å²) in [5, 5.41) is 16.1. The molecule has 0 saturated carbocycles. The van der Waals surface area contributed by atoms with Gasteiger partial charge in [0.15, 0.2) is 0 Å². The van der Waals surface area contributed by atoms with Crippen molar-refractivity contribution in [2.75, 3.05) is 12.4 Å². The molecule has 2 N–H and O–H groups in total. The highest BCUT2D eigenvalue weighted by Crippen LogP contribution is 2.25. The van der Waals surface area contributed by atoms with Crippen LogP contribution in [0.5, 0.6) is 5.75 Å². The van der Waals surface area contributed by atoms with Crippen LogP contribution in [0.3, 0.4) is 0 Å². The molecule has 2 aromatic rings. The molecule has 116 valence electrons. The van der Waals surface area contributed by atoms with E-state index in [2.05, 4.69) is 10.4 Å². The Labute approximate surface area is 127 Å². The van der Waals surface area contributed by atoms with Gasteiger partial charge in [-0.3, -0.25) is 9.48 Å². The van der Waals surface area contributed by atoms with Crippen LogP contribution in [0.15, 0.2) is 24.4 Å². The molecule has 0 aliphatic heterocycles. The molecule has 1 amide bonds. The number of carbonyl (C=O) groups is 2. The number of hydrogen-bond acceptors (Lipinski definition) is 4. The number of amides is 1. The number of hydrogen-bond donors (Lipinski definition) is 2. The fourth-order valence-corrected chi connectivity index (χ4v) is 2.19. The molecule has 22 heavy (non-hydrogen) atoms. The van der Waals surface area contributed by atoms with Gasteiger partial charge in [0, 0.05) is 13.2 Å². The summed E-state index contributed by atoms with van der Waals surface area (Å²) in [4.78, 5) is 23.6. The molecular formula is C15H17N3O4. The van der Waals surface area contributed by atoms with Crippen LogP contribution >= 0.6 is 0 Å². The zero-order valence-corrected chi connectivity index (χ0v) is 12.6. The van der Waals surface area contributed by atoms with Gasteiger partial charge in [0.1, 0.15) is 11.3 Å². The molecule has 0 atom stereocenters. The fourth-order valence-electron chi connectivity index (χ4n) is 2.19. The average molecular weight is 303 g/mol. The minimum Gasteiger partial charge on any atom is -0.495 e. The van der Waals surface area contributed by atoms with Gasteiger partial charge in [-0.25, -0.2) is 4.79 Å². The van der Waals surface area contributed by atoms with Crippen molar-refractivity contribution in [2.24, 2.45) is 7.05 Å². The molecule has 0 fully saturated rings. The van der Waals surface area contributed by atoms with Crippen LogP contribution in [-0.4, -0.2) is 33.9 Å². The molecule has 7 nitrogen and oxygen atoms in total. The summed E-state index contributed by atoms with van der Waals surface area (Å²) >= 11 is 0. The maximum atomic E-state index is 12.4. The number of nitrogens with zero attached hydrogens (tertiary/aromatic N) is 2. The normalized spacial score (nSPS) is 10.3. The van der Waals surface area contributed by atoms with Gasteiger partial charge in [-0.2, -0.15) is 5.10 Å². The highest BCUT2D eigenvalue weighted by molar-refractivity contribution is 6.08. The number of carboxylic acid groups (broad SMARTS) is 1. The van der Waals surface area contributed by atoms with E-state index in [1.807, 2.05) is 6.92 Å². The van der Waals surface area contributed by atoms with Gasteiger partial charge >= 0.3 is 5.97 Å². The maximum Gasteiger partial charge on any atom is 0.339 e. The molecule has 2 rings (SSSR count). The van der Waals surface area contributed by atoms with Crippen molar-refractivity contribution < 1.29 is 19.4 Å². The van der Waals surface area contributed by atoms with Crippen LogP contribution in [0.2, 0.25) is 0 Å². The molecule has 1 aromatic carbocycles. The predicted molar refractivity (Wildman–Crippen MR) is 80.5 cm³/mol. The van der Waals surface area contributed by atoms with Crippen molar-refractivity contribution in [1.29, 1.82) is 0 Å². The second-order valence-electron chi connectivity index (χ2n) is 4.66. The van der Waals surface area contributed by atoms with Crippen molar-refractivity contribution in [3.63, 3.8) is 0 Å². The van der Waals surface area contributed by atoms with E-state index in [0.29, 0.717) is 12.1 Å². The molecule has 0 aliphatic carbocycles. The Morgan fingerprint density at radius 1 is 1.36 bits per heavy atom. The Hall–Kier alpha value is -2.83. The predicted octanol–water partition coefficient (Wildman–Crippen LogP) is 1.94. The van der Waals surface area contributed by atoms with E-state index in [0.717, 1.165) is 5.69 Å². The first kappa shape index (κ1) is 15.6. The second kappa shape index (κ2) is 6.30. The maximum absolute atomic E-state index is 12.4. The number of rotatable bonds is 5. The van der Waals surface area contributed by atoms with Crippen molar-refractivity contribution in [2.45, 2.75) is 13.3 Å². The number of carboxylic acids is 1. The topological polar surface area (TPSA) is 93.5 Å². The Morgan fingerprint density at radius 3 is 2.64 bits per heavy atom. The lowest BCUT2D eigenvalue weighted by Crippen LogP contribution is -2.15. The van der Waals surface area contributed by atoms with E-state index < -0.39 is 11.9 Å². The number of aryl methyl sites for hydroxylation is 2. The minimum absolute atomic E-state index is 0.0365. The number of aromatic carboxylic acids is 1. The van der Waals surface area contributed by atoms with Gasteiger partial charge in [0.25, 0.3) is 5.91 Å². The summed E-state index contributed by atoms with van der Waals surface area (Å²) in [6.07, 6.45) is 2.37. The quantitative estimate of drug-likeness (QED) is 0.880. The Bertz CT molecular complexity index is 722. The molecule has 0 saturated heterocycles. The molecule has 0 bridgehead atoms. The van der Waals surface area contributed by atoms with E-state index in [4.69, 9.17) is 9.84 Å². The summed E-state index contributed by atoms with van der Waals surface area (Å²) < 4.78 is 6.71. The first-order valence-corrected chi connectivity index (χ1v) is 6.72. The fraction of sp³-hybridized carbons (Fsp3) is 0.267. The molecule has 0 unspecified atom stereocenters. The summed E-state index contributed by atoms with van der Waals surface area (Å²) in [7, 11) is 3.10. The van der Waals surface area contributed by atoms with E-state index >= 15 is 0 Å². The molecule has 0 spiro atoms. The monoisotopic (exact) mass is 303 g/mol. The van der Waals surface area contributed by atoms with E-state index in [9.17, 15) is 9.59 Å². The first-order chi connectivity index (χ1) is 10.5. The standard InChI is InChI=1S/C15H17N3O4/c1-4-11-12(8-18(2)17-11)16-14(19)9-6-5-7-10(15(20)21)13(9)22-3/h5-8H,4H2,1-3H3,(H,16,19)(H,20,21). The van der Waals surface area contributed by atoms with Crippen molar-refractivity contribution in [3.8, 4) is 5.75 Å². The van der Waals surface area contributed by atoms with Crippen LogP contribution in [0.1, 0.15) is 33.3 Å². The summed E-state index contributed by atoms with van der Waals surface area (Å²) in [6, 6.07) is 4.41. The minimum atomic E-state index is -1.15. The third-order valence-corrected chi connectivity index (χ3v) is 3.18. The average Bonchev–Trinajstić information content (AvgIpc) is 2.85. The van der Waals surface area contributed by atoms with Gasteiger partial charge in [0.05, 0.1) is 24.1 Å². The van der Waals surface area contributed by atoms with Crippen molar-refractivity contribution in [3.05, 3.63) is 41.2 Å². The highest BCUT2D eigenvalue weighted by atomic mass is 16.5. The van der Waals surface area contributed by atoms with Gasteiger partial charge in [-0.15, -0.1) is 0 Å². The Morgan fingerprint density at radius 2 is 2.05 bits per heavy atom. The zero-order chi connectivity index (χ0) is 16.3. The lowest BCUT2D eigenvalue weighted by Gasteiger charge is -2.11. The van der Waals surface area contributed by atoms with Crippen LogP contribution in [0.25, 0.3) is 0 Å². The smallest absolute Gasteiger partial charge is 0.339 e. The Kier molecular flexibility index (Phi) is 4.45. The molecule has 1 aromatic heterocycles. The molecule has 1 heterocycles. The number of para-hydroxylation sites is 1. The van der Waals surface area contributed by atoms with E-state index in [1.54, 1.807) is 17.9 Å². The third-order valence-electron chi connectivity index (χ3n) is 3.18. The van der Waals surface area contributed by atoms with Gasteiger partial charge < -0.3 is 15.2 Å². The second-order valence-corrected chi connectivity index (χ2v) is 4.66. The van der Waals surface area contributed by atoms with Crippen LogP contribution in [0.4, 0.5) is 5.69 Å². The number of ether oxygens (including phenoxy) is 1. The summed E-state index contributed by atoms with van der Waals surface area (Å²) in [5.74, 6) is -1.56. The summed E-state index contributed by atoms with van der Waals surface area (Å²) in [6.45, 7) is 1.93. The van der Waals surface area contributed by atoms with Crippen LogP contribution < -0.4 is 10.1 Å². The number of carbonyl (C=O) groups excluding carboxylic acids is 1.